The number of alkyl halides is 2. The lowest BCUT2D eigenvalue weighted by Crippen LogP contribution is -2.58. The molecule has 4 heterocycles. The summed E-state index contributed by atoms with van der Waals surface area (Å²) in [6.07, 6.45) is 6.57. The summed E-state index contributed by atoms with van der Waals surface area (Å²) in [6, 6.07) is 2.68. The van der Waals surface area contributed by atoms with E-state index in [0.717, 1.165) is 12.3 Å². The lowest BCUT2D eigenvalue weighted by Gasteiger charge is -2.30. The normalized spacial score (nSPS) is 26.0. The second-order valence-electron chi connectivity index (χ2n) is 16.3. The minimum Gasteiger partial charge on any atom is -0.491 e. The molecule has 20 heteroatoms. The average molecular weight is 860 g/mol. The van der Waals surface area contributed by atoms with Crippen molar-refractivity contribution in [3.8, 4) is 17.4 Å². The first-order chi connectivity index (χ1) is 28.4. The van der Waals surface area contributed by atoms with Crippen LogP contribution in [0.25, 0.3) is 10.9 Å². The molecule has 60 heavy (non-hydrogen) atoms. The van der Waals surface area contributed by atoms with E-state index in [1.165, 1.54) is 37.1 Å². The van der Waals surface area contributed by atoms with Gasteiger partial charge in [0.15, 0.2) is 11.6 Å². The SMILES string of the molecule is COc1c(F)ccc2c(O[C@@H]3C[C@H]4C(=O)N[C@]5(C(=O)NS(=O)(=O)C6(C)CC6)C[C@H]5/C=C\CCCCC[C@H](NC(=O)c5ccn(C(F)F)n5)C(=O)N4C3)cc(OC(C)C)nc12. The Kier molecular flexibility index (Phi) is 11.8. The van der Waals surface area contributed by atoms with Crippen molar-refractivity contribution < 1.29 is 55.0 Å². The van der Waals surface area contributed by atoms with Gasteiger partial charge in [0.05, 0.1) is 24.5 Å². The third kappa shape index (κ3) is 8.60. The van der Waals surface area contributed by atoms with E-state index in [9.17, 15) is 40.8 Å². The van der Waals surface area contributed by atoms with Crippen molar-refractivity contribution in [3.63, 3.8) is 0 Å². The lowest BCUT2D eigenvalue weighted by molar-refractivity contribution is -0.141. The fourth-order valence-electron chi connectivity index (χ4n) is 7.71. The molecule has 1 saturated heterocycles. The molecule has 1 aromatic carbocycles. The highest BCUT2D eigenvalue weighted by Crippen LogP contribution is 2.48. The number of rotatable bonds is 11. The predicted molar refractivity (Wildman–Crippen MR) is 209 cm³/mol. The van der Waals surface area contributed by atoms with Crippen LogP contribution in [0.15, 0.2) is 42.6 Å². The predicted octanol–water partition coefficient (Wildman–Crippen LogP) is 4.30. The summed E-state index contributed by atoms with van der Waals surface area (Å²) in [5, 5.41) is 9.42. The standard InChI is InChI=1S/C40H48F3N7O9S/c1-22(2)58-31-19-30(25-12-13-26(41)33(57-4)32(25)45-31)59-24-18-29-35(52)46-40(37(54)48-60(55,56)39(3)15-16-39)20-23(40)10-8-6-5-7-9-11-28(36(53)49(29)21-24)44-34(51)27-14-17-50(47-27)38(42)43/h8,10,12-14,17,19,22-24,28-29,38H,5-7,9,11,15-16,18,20-21H2,1-4H3,(H,44,51)(H,46,52)(H,48,54)/b10-8-/t23-,24-,28+,29+,40-/m1/s1. The number of methoxy groups -OCH3 is 1. The number of benzene rings is 1. The minimum atomic E-state index is -4.08. The molecule has 3 aromatic rings. The molecule has 0 unspecified atom stereocenters. The van der Waals surface area contributed by atoms with E-state index < -0.39 is 80.4 Å². The van der Waals surface area contributed by atoms with Gasteiger partial charge in [-0.25, -0.2) is 22.5 Å². The number of hydrogen-bond donors (Lipinski definition) is 3. The Morgan fingerprint density at radius 2 is 1.87 bits per heavy atom. The summed E-state index contributed by atoms with van der Waals surface area (Å²) in [5.74, 6) is -4.33. The van der Waals surface area contributed by atoms with Gasteiger partial charge >= 0.3 is 6.55 Å². The molecule has 5 atom stereocenters. The summed E-state index contributed by atoms with van der Waals surface area (Å²) < 4.78 is 87.0. The lowest BCUT2D eigenvalue weighted by atomic mass is 10.0. The Bertz CT molecular complexity index is 2320. The number of allylic oxidation sites excluding steroid dienone is 1. The molecule has 4 amide bonds. The number of hydrogen-bond acceptors (Lipinski definition) is 11. The van der Waals surface area contributed by atoms with Crippen LogP contribution in [0.4, 0.5) is 13.2 Å². The van der Waals surface area contributed by atoms with Crippen molar-refractivity contribution in [1.82, 2.24) is 35.0 Å². The van der Waals surface area contributed by atoms with E-state index in [2.05, 4.69) is 25.4 Å². The molecular weight excluding hydrogens is 812 g/mol. The Hall–Kier alpha value is -5.40. The number of carbonyl (C=O) groups is 4. The number of carbonyl (C=O) groups excluding carboxylic acids is 4. The van der Waals surface area contributed by atoms with Crippen molar-refractivity contribution in [3.05, 3.63) is 54.1 Å². The van der Waals surface area contributed by atoms with Crippen molar-refractivity contribution in [2.24, 2.45) is 5.92 Å². The van der Waals surface area contributed by atoms with Gasteiger partial charge in [0.25, 0.3) is 11.8 Å². The summed E-state index contributed by atoms with van der Waals surface area (Å²) in [4.78, 5) is 62.2. The highest BCUT2D eigenvalue weighted by molar-refractivity contribution is 7.91. The first-order valence-electron chi connectivity index (χ1n) is 20.0. The largest absolute Gasteiger partial charge is 0.491 e. The van der Waals surface area contributed by atoms with Crippen LogP contribution >= 0.6 is 0 Å². The zero-order valence-electron chi connectivity index (χ0n) is 33.6. The van der Waals surface area contributed by atoms with Gasteiger partial charge < -0.3 is 29.7 Å². The van der Waals surface area contributed by atoms with Crippen molar-refractivity contribution in [2.75, 3.05) is 13.7 Å². The van der Waals surface area contributed by atoms with Crippen LogP contribution < -0.4 is 29.6 Å². The molecule has 16 nitrogen and oxygen atoms in total. The topological polar surface area (TPSA) is 200 Å². The molecule has 2 aliphatic carbocycles. The summed E-state index contributed by atoms with van der Waals surface area (Å²) in [5.41, 5.74) is -1.89. The number of sulfonamides is 1. The van der Waals surface area contributed by atoms with E-state index in [1.54, 1.807) is 19.9 Å². The van der Waals surface area contributed by atoms with Gasteiger partial charge in [-0.2, -0.15) is 13.9 Å². The molecule has 7 rings (SSSR count). The molecule has 4 aliphatic rings. The van der Waals surface area contributed by atoms with E-state index >= 15 is 0 Å². The second-order valence-corrected chi connectivity index (χ2v) is 18.5. The molecule has 2 aliphatic heterocycles. The highest BCUT2D eigenvalue weighted by atomic mass is 32.2. The van der Waals surface area contributed by atoms with Crippen LogP contribution in [-0.4, -0.2) is 99.9 Å². The Morgan fingerprint density at radius 1 is 1.10 bits per heavy atom. The Labute approximate surface area is 344 Å². The van der Waals surface area contributed by atoms with Crippen molar-refractivity contribution >= 4 is 44.6 Å². The van der Waals surface area contributed by atoms with E-state index in [-0.39, 0.29) is 60.5 Å². The zero-order valence-corrected chi connectivity index (χ0v) is 34.4. The third-order valence-corrected chi connectivity index (χ3v) is 13.7. The summed E-state index contributed by atoms with van der Waals surface area (Å²) in [7, 11) is -2.79. The van der Waals surface area contributed by atoms with Gasteiger partial charge in [0, 0.05) is 30.0 Å². The second kappa shape index (κ2) is 16.6. The summed E-state index contributed by atoms with van der Waals surface area (Å²) in [6.45, 7) is 1.88. The third-order valence-electron chi connectivity index (χ3n) is 11.5. The molecule has 2 aromatic heterocycles. The monoisotopic (exact) mass is 859 g/mol. The van der Waals surface area contributed by atoms with Gasteiger partial charge in [0.2, 0.25) is 27.7 Å². The van der Waals surface area contributed by atoms with Gasteiger partial charge in [-0.3, -0.25) is 23.9 Å². The molecule has 0 bridgehead atoms. The van der Waals surface area contributed by atoms with Gasteiger partial charge in [-0.15, -0.1) is 0 Å². The van der Waals surface area contributed by atoms with E-state index in [1.807, 2.05) is 6.08 Å². The fourth-order valence-corrected chi connectivity index (χ4v) is 9.02. The number of nitrogens with zero attached hydrogens (tertiary/aromatic N) is 4. The maximum Gasteiger partial charge on any atom is 0.333 e. The van der Waals surface area contributed by atoms with Gasteiger partial charge in [-0.05, 0) is 77.5 Å². The average Bonchev–Trinajstić information content (AvgIpc) is 3.95. The van der Waals surface area contributed by atoms with Gasteiger partial charge in [0.1, 0.15) is 40.7 Å². The Morgan fingerprint density at radius 3 is 2.55 bits per heavy atom. The zero-order chi connectivity index (χ0) is 43.1. The highest BCUT2D eigenvalue weighted by Gasteiger charge is 2.63. The molecule has 0 spiro atoms. The van der Waals surface area contributed by atoms with Crippen LogP contribution in [-0.2, 0) is 24.4 Å². The molecular formula is C40H48F3N7O9S. The minimum absolute atomic E-state index is 0.0888. The Balaban J connectivity index is 1.23. The van der Waals surface area contributed by atoms with Crippen LogP contribution in [0.3, 0.4) is 0 Å². The maximum atomic E-state index is 14.9. The number of ether oxygens (including phenoxy) is 3. The molecule has 0 radical (unpaired) electrons. The molecule has 3 fully saturated rings. The van der Waals surface area contributed by atoms with E-state index in [0.29, 0.717) is 48.6 Å². The number of nitrogens with one attached hydrogen (secondary N) is 3. The summed E-state index contributed by atoms with van der Waals surface area (Å²) >= 11 is 0. The van der Waals surface area contributed by atoms with E-state index in [4.69, 9.17) is 14.2 Å². The van der Waals surface area contributed by atoms with Crippen LogP contribution in [0.1, 0.15) is 95.6 Å². The number of halogens is 3. The quantitative estimate of drug-likeness (QED) is 0.232. The first kappa shape index (κ1) is 42.7. The first-order valence-corrected chi connectivity index (χ1v) is 21.4. The van der Waals surface area contributed by atoms with Crippen LogP contribution in [0.5, 0.6) is 17.4 Å². The fraction of sp³-hybridized carbons (Fsp3) is 0.550. The van der Waals surface area contributed by atoms with Crippen molar-refractivity contribution in [2.45, 2.75) is 120 Å². The molecule has 324 valence electrons. The smallest absolute Gasteiger partial charge is 0.333 e. The molecule has 2 saturated carbocycles. The maximum absolute atomic E-state index is 14.9. The number of pyridine rings is 1. The van der Waals surface area contributed by atoms with Crippen LogP contribution in [0.2, 0.25) is 0 Å². The van der Waals surface area contributed by atoms with Crippen molar-refractivity contribution in [1.29, 1.82) is 0 Å². The number of fused-ring (bicyclic) bond motifs is 3. The number of aromatic nitrogens is 3. The molecule has 3 N–H and O–H groups in total. The number of amides is 4. The van der Waals surface area contributed by atoms with Gasteiger partial charge in [-0.1, -0.05) is 25.0 Å². The van der Waals surface area contributed by atoms with Crippen LogP contribution in [0, 0.1) is 11.7 Å².